The number of anilines is 1. The number of aliphatic hydroxyl groups excluding tert-OH is 2. The van der Waals surface area contributed by atoms with Crippen molar-refractivity contribution in [1.29, 1.82) is 0 Å². The van der Waals surface area contributed by atoms with Gasteiger partial charge in [0.2, 0.25) is 0 Å². The molecule has 0 radical (unpaired) electrons. The topological polar surface area (TPSA) is 148 Å². The molecule has 0 aromatic carbocycles. The van der Waals surface area contributed by atoms with Gasteiger partial charge < -0.3 is 26.0 Å². The van der Waals surface area contributed by atoms with E-state index in [0.29, 0.717) is 17.7 Å². The summed E-state index contributed by atoms with van der Waals surface area (Å²) in [7, 11) is 0. The van der Waals surface area contributed by atoms with E-state index in [1.807, 2.05) is 0 Å². The number of aliphatic hydroxyl groups is 2. The van der Waals surface area contributed by atoms with Gasteiger partial charge in [0.25, 0.3) is 5.91 Å². The standard InChI is InChI=1S/C12H16N6O4/c1-2-14-11(21)8-6(19)7(20)12(22-8)18-4-17-5-9(13)15-3-16-10(5)18/h3-4,6-8,12,19-20H,2H2,1H3,(H,14,21)(H2,13,15,16)/t6-,7-,8-,12+/m1/s1. The van der Waals surface area contributed by atoms with Gasteiger partial charge in [-0.3, -0.25) is 9.36 Å². The van der Waals surface area contributed by atoms with Crippen LogP contribution in [0.5, 0.6) is 0 Å². The van der Waals surface area contributed by atoms with E-state index in [-0.39, 0.29) is 5.82 Å². The fourth-order valence-electron chi connectivity index (χ4n) is 2.44. The molecule has 10 heteroatoms. The Kier molecular flexibility index (Phi) is 3.64. The fourth-order valence-corrected chi connectivity index (χ4v) is 2.44. The van der Waals surface area contributed by atoms with E-state index >= 15 is 0 Å². The molecule has 0 unspecified atom stereocenters. The van der Waals surface area contributed by atoms with Crippen LogP contribution in [-0.4, -0.2) is 60.5 Å². The van der Waals surface area contributed by atoms with Crippen molar-refractivity contribution in [2.75, 3.05) is 12.3 Å². The molecule has 1 fully saturated rings. The van der Waals surface area contributed by atoms with E-state index in [4.69, 9.17) is 10.5 Å². The monoisotopic (exact) mass is 308 g/mol. The minimum absolute atomic E-state index is 0.192. The molecular formula is C12H16N6O4. The average Bonchev–Trinajstić information content (AvgIpc) is 3.03. The summed E-state index contributed by atoms with van der Waals surface area (Å²) in [6, 6.07) is 0. The number of nitrogens with one attached hydrogen (secondary N) is 1. The van der Waals surface area contributed by atoms with Crippen LogP contribution in [0.2, 0.25) is 0 Å². The Labute approximate surface area is 124 Å². The van der Waals surface area contributed by atoms with Crippen molar-refractivity contribution < 1.29 is 19.7 Å². The highest BCUT2D eigenvalue weighted by atomic mass is 16.6. The number of hydrogen-bond acceptors (Lipinski definition) is 8. The Morgan fingerprint density at radius 2 is 2.18 bits per heavy atom. The third kappa shape index (κ3) is 2.17. The fraction of sp³-hybridized carbons (Fsp3) is 0.500. The van der Waals surface area contributed by atoms with Crippen LogP contribution in [0.25, 0.3) is 11.2 Å². The molecule has 3 heterocycles. The van der Waals surface area contributed by atoms with Crippen LogP contribution >= 0.6 is 0 Å². The average molecular weight is 308 g/mol. The SMILES string of the molecule is CCNC(=O)[C@@H]1O[C@H](n2cnc3c(N)ncnc32)[C@H](O)[C@H]1O. The summed E-state index contributed by atoms with van der Waals surface area (Å²) in [5.74, 6) is -0.299. The molecule has 0 bridgehead atoms. The summed E-state index contributed by atoms with van der Waals surface area (Å²) in [6.07, 6.45) is -2.20. The molecule has 0 saturated carbocycles. The minimum Gasteiger partial charge on any atom is -0.387 e. The summed E-state index contributed by atoms with van der Waals surface area (Å²) < 4.78 is 6.92. The lowest BCUT2D eigenvalue weighted by molar-refractivity contribution is -0.137. The van der Waals surface area contributed by atoms with Crippen LogP contribution in [0.1, 0.15) is 13.2 Å². The lowest BCUT2D eigenvalue weighted by atomic mass is 10.1. The molecule has 118 valence electrons. The van der Waals surface area contributed by atoms with E-state index in [1.165, 1.54) is 17.2 Å². The van der Waals surface area contributed by atoms with Gasteiger partial charge in [-0.2, -0.15) is 0 Å². The van der Waals surface area contributed by atoms with Gasteiger partial charge in [0.15, 0.2) is 23.8 Å². The number of nitrogens with two attached hydrogens (primary N) is 1. The molecule has 1 saturated heterocycles. The highest BCUT2D eigenvalue weighted by molar-refractivity contribution is 5.82. The van der Waals surface area contributed by atoms with E-state index in [0.717, 1.165) is 0 Å². The lowest BCUT2D eigenvalue weighted by Gasteiger charge is -2.16. The molecule has 10 nitrogen and oxygen atoms in total. The Morgan fingerprint density at radius 1 is 1.41 bits per heavy atom. The van der Waals surface area contributed by atoms with Gasteiger partial charge in [-0.25, -0.2) is 15.0 Å². The smallest absolute Gasteiger partial charge is 0.252 e. The molecule has 1 aliphatic rings. The number of aromatic nitrogens is 4. The Balaban J connectivity index is 1.94. The number of imidazole rings is 1. The van der Waals surface area contributed by atoms with Crippen molar-refractivity contribution in [3.8, 4) is 0 Å². The van der Waals surface area contributed by atoms with Crippen molar-refractivity contribution >= 4 is 22.9 Å². The first-order valence-corrected chi connectivity index (χ1v) is 6.77. The van der Waals surface area contributed by atoms with Gasteiger partial charge in [-0.1, -0.05) is 0 Å². The second kappa shape index (κ2) is 5.48. The Hall–Kier alpha value is -2.30. The van der Waals surface area contributed by atoms with Crippen LogP contribution in [0.4, 0.5) is 5.82 Å². The van der Waals surface area contributed by atoms with Crippen molar-refractivity contribution in [2.45, 2.75) is 31.5 Å². The van der Waals surface area contributed by atoms with Crippen molar-refractivity contribution in [3.63, 3.8) is 0 Å². The number of carbonyl (C=O) groups is 1. The van der Waals surface area contributed by atoms with Crippen LogP contribution in [0, 0.1) is 0 Å². The Morgan fingerprint density at radius 3 is 2.91 bits per heavy atom. The van der Waals surface area contributed by atoms with Crippen LogP contribution in [0.15, 0.2) is 12.7 Å². The molecule has 0 spiro atoms. The van der Waals surface area contributed by atoms with Crippen molar-refractivity contribution in [1.82, 2.24) is 24.8 Å². The number of rotatable bonds is 3. The maximum Gasteiger partial charge on any atom is 0.252 e. The summed E-state index contributed by atoms with van der Waals surface area (Å²) in [6.45, 7) is 2.14. The number of ether oxygens (including phenoxy) is 1. The largest absolute Gasteiger partial charge is 0.387 e. The number of nitrogen functional groups attached to an aromatic ring is 1. The number of likely N-dealkylation sites (N-methyl/N-ethyl adjacent to an activating group) is 1. The molecule has 0 aliphatic carbocycles. The predicted octanol–water partition coefficient (Wildman–Crippen LogP) is -1.84. The summed E-state index contributed by atoms with van der Waals surface area (Å²) in [5, 5.41) is 22.7. The second-order valence-electron chi connectivity index (χ2n) is 4.91. The normalized spacial score (nSPS) is 28.1. The molecular weight excluding hydrogens is 292 g/mol. The third-order valence-corrected chi connectivity index (χ3v) is 3.51. The zero-order valence-electron chi connectivity index (χ0n) is 11.7. The maximum absolute atomic E-state index is 11.9. The highest BCUT2D eigenvalue weighted by Crippen LogP contribution is 2.31. The minimum atomic E-state index is -1.35. The van der Waals surface area contributed by atoms with Crippen LogP contribution < -0.4 is 11.1 Å². The number of hydrogen-bond donors (Lipinski definition) is 4. The molecule has 22 heavy (non-hydrogen) atoms. The number of amides is 1. The first kappa shape index (κ1) is 14.6. The molecule has 1 aliphatic heterocycles. The number of carbonyl (C=O) groups excluding carboxylic acids is 1. The molecule has 4 atom stereocenters. The van der Waals surface area contributed by atoms with E-state index in [2.05, 4.69) is 20.3 Å². The zero-order valence-corrected chi connectivity index (χ0v) is 11.7. The highest BCUT2D eigenvalue weighted by Gasteiger charge is 2.47. The van der Waals surface area contributed by atoms with Gasteiger partial charge in [0.1, 0.15) is 24.1 Å². The van der Waals surface area contributed by atoms with Crippen molar-refractivity contribution in [3.05, 3.63) is 12.7 Å². The second-order valence-corrected chi connectivity index (χ2v) is 4.91. The van der Waals surface area contributed by atoms with Gasteiger partial charge in [0.05, 0.1) is 6.33 Å². The van der Waals surface area contributed by atoms with E-state index < -0.39 is 30.4 Å². The summed E-state index contributed by atoms with van der Waals surface area (Å²) >= 11 is 0. The first-order chi connectivity index (χ1) is 10.5. The molecule has 5 N–H and O–H groups in total. The molecule has 2 aromatic heterocycles. The molecule has 2 aromatic rings. The summed E-state index contributed by atoms with van der Waals surface area (Å²) in [5.41, 5.74) is 6.40. The maximum atomic E-state index is 11.9. The lowest BCUT2D eigenvalue weighted by Crippen LogP contribution is -2.42. The van der Waals surface area contributed by atoms with Gasteiger partial charge in [-0.05, 0) is 6.92 Å². The Bertz CT molecular complexity index is 704. The zero-order chi connectivity index (χ0) is 15.9. The molecule has 1 amide bonds. The van der Waals surface area contributed by atoms with Gasteiger partial charge >= 0.3 is 0 Å². The van der Waals surface area contributed by atoms with Gasteiger partial charge in [0, 0.05) is 6.54 Å². The van der Waals surface area contributed by atoms with E-state index in [1.54, 1.807) is 6.92 Å². The van der Waals surface area contributed by atoms with Crippen LogP contribution in [0.3, 0.4) is 0 Å². The van der Waals surface area contributed by atoms with Crippen molar-refractivity contribution in [2.24, 2.45) is 0 Å². The van der Waals surface area contributed by atoms with Gasteiger partial charge in [-0.15, -0.1) is 0 Å². The predicted molar refractivity (Wildman–Crippen MR) is 74.3 cm³/mol. The quantitative estimate of drug-likeness (QED) is 0.517. The number of nitrogens with zero attached hydrogens (tertiary/aromatic N) is 4. The first-order valence-electron chi connectivity index (χ1n) is 6.77. The number of fused-ring (bicyclic) bond motifs is 1. The van der Waals surface area contributed by atoms with Crippen LogP contribution in [-0.2, 0) is 9.53 Å². The third-order valence-electron chi connectivity index (χ3n) is 3.51. The molecule has 3 rings (SSSR count). The van der Waals surface area contributed by atoms with E-state index in [9.17, 15) is 15.0 Å². The summed E-state index contributed by atoms with van der Waals surface area (Å²) in [4.78, 5) is 23.8.